The number of carbonyl (C=O) groups excluding carboxylic acids is 1. The van der Waals surface area contributed by atoms with Crippen LogP contribution in [0.25, 0.3) is 11.1 Å². The predicted octanol–water partition coefficient (Wildman–Crippen LogP) is 5.81. The SMILES string of the molecule is O=C(CCc1ccc(-c2ccccc2)cc1)c1ccc(C(=O)O)c(NS(=O)(=O)c2ccc(F)cc2)c1. The lowest BCUT2D eigenvalue weighted by Crippen LogP contribution is -2.16. The van der Waals surface area contributed by atoms with E-state index in [1.807, 2.05) is 54.6 Å². The maximum atomic E-state index is 13.2. The molecule has 0 aromatic heterocycles. The molecule has 0 saturated carbocycles. The average molecular weight is 504 g/mol. The van der Waals surface area contributed by atoms with Crippen molar-refractivity contribution in [1.29, 1.82) is 0 Å². The quantitative estimate of drug-likeness (QED) is 0.281. The number of carboxylic acids is 1. The normalized spacial score (nSPS) is 11.1. The zero-order valence-corrected chi connectivity index (χ0v) is 19.8. The van der Waals surface area contributed by atoms with Crippen molar-refractivity contribution in [2.45, 2.75) is 17.7 Å². The van der Waals surface area contributed by atoms with E-state index < -0.39 is 21.8 Å². The summed E-state index contributed by atoms with van der Waals surface area (Å²) in [5.41, 5.74) is 2.74. The van der Waals surface area contributed by atoms with Crippen LogP contribution >= 0.6 is 0 Å². The molecule has 2 N–H and O–H groups in total. The summed E-state index contributed by atoms with van der Waals surface area (Å²) in [4.78, 5) is 24.2. The number of hydrogen-bond donors (Lipinski definition) is 2. The summed E-state index contributed by atoms with van der Waals surface area (Å²) < 4.78 is 40.8. The molecule has 0 spiro atoms. The Kier molecular flexibility index (Phi) is 7.26. The van der Waals surface area contributed by atoms with Crippen molar-refractivity contribution in [1.82, 2.24) is 0 Å². The number of rotatable bonds is 9. The number of aryl methyl sites for hydroxylation is 1. The molecule has 4 aromatic carbocycles. The highest BCUT2D eigenvalue weighted by Crippen LogP contribution is 2.24. The van der Waals surface area contributed by atoms with Crippen LogP contribution in [0, 0.1) is 5.82 Å². The molecule has 0 atom stereocenters. The average Bonchev–Trinajstić information content (AvgIpc) is 2.88. The van der Waals surface area contributed by atoms with Crippen LogP contribution in [0.3, 0.4) is 0 Å². The molecule has 6 nitrogen and oxygen atoms in total. The van der Waals surface area contributed by atoms with Gasteiger partial charge in [0, 0.05) is 12.0 Å². The highest BCUT2D eigenvalue weighted by molar-refractivity contribution is 7.92. The number of nitrogens with one attached hydrogen (secondary N) is 1. The fourth-order valence-electron chi connectivity index (χ4n) is 3.70. The summed E-state index contributed by atoms with van der Waals surface area (Å²) in [5.74, 6) is -2.23. The van der Waals surface area contributed by atoms with E-state index >= 15 is 0 Å². The number of aromatic carboxylic acids is 1. The van der Waals surface area contributed by atoms with Gasteiger partial charge in [-0.2, -0.15) is 0 Å². The number of sulfonamides is 1. The first kappa shape index (κ1) is 24.8. The maximum Gasteiger partial charge on any atom is 0.337 e. The fourth-order valence-corrected chi connectivity index (χ4v) is 4.77. The highest BCUT2D eigenvalue weighted by Gasteiger charge is 2.20. The number of benzene rings is 4. The number of anilines is 1. The molecule has 8 heteroatoms. The second-order valence-corrected chi connectivity index (χ2v) is 9.79. The van der Waals surface area contributed by atoms with Gasteiger partial charge in [-0.15, -0.1) is 0 Å². The van der Waals surface area contributed by atoms with Gasteiger partial charge in [0.25, 0.3) is 10.0 Å². The standard InChI is InChI=1S/C28H22FNO5S/c29-23-12-14-24(15-13-23)36(34,35)30-26-18-22(11-16-25(26)28(32)33)27(31)17-8-19-6-9-21(10-7-19)20-4-2-1-3-5-20/h1-7,9-16,18,30H,8,17H2,(H,32,33). The minimum Gasteiger partial charge on any atom is -0.478 e. The number of ketones is 1. The van der Waals surface area contributed by atoms with Gasteiger partial charge in [0.05, 0.1) is 16.1 Å². The van der Waals surface area contributed by atoms with Gasteiger partial charge in [-0.1, -0.05) is 60.7 Å². The second kappa shape index (κ2) is 10.5. The van der Waals surface area contributed by atoms with Crippen LogP contribution in [0.5, 0.6) is 0 Å². The van der Waals surface area contributed by atoms with E-state index in [4.69, 9.17) is 0 Å². The Morgan fingerprint density at radius 3 is 2.08 bits per heavy atom. The minimum atomic E-state index is -4.20. The molecule has 0 heterocycles. The number of halogens is 1. The topological polar surface area (TPSA) is 101 Å². The first-order valence-electron chi connectivity index (χ1n) is 11.1. The summed E-state index contributed by atoms with van der Waals surface area (Å²) in [6.07, 6.45) is 0.618. The lowest BCUT2D eigenvalue weighted by atomic mass is 9.99. The van der Waals surface area contributed by atoms with Gasteiger partial charge in [-0.25, -0.2) is 17.6 Å². The molecule has 36 heavy (non-hydrogen) atoms. The Balaban J connectivity index is 1.50. The molecule has 182 valence electrons. The first-order chi connectivity index (χ1) is 17.2. The van der Waals surface area contributed by atoms with E-state index in [1.165, 1.54) is 18.2 Å². The summed E-state index contributed by atoms with van der Waals surface area (Å²) in [6.45, 7) is 0. The van der Waals surface area contributed by atoms with Crippen molar-refractivity contribution >= 4 is 27.5 Å². The smallest absolute Gasteiger partial charge is 0.337 e. The van der Waals surface area contributed by atoms with Crippen molar-refractivity contribution in [3.63, 3.8) is 0 Å². The largest absolute Gasteiger partial charge is 0.478 e. The van der Waals surface area contributed by atoms with Crippen LogP contribution in [-0.4, -0.2) is 25.3 Å². The maximum absolute atomic E-state index is 13.2. The Morgan fingerprint density at radius 2 is 1.44 bits per heavy atom. The van der Waals surface area contributed by atoms with Gasteiger partial charge in [0.15, 0.2) is 5.78 Å². The first-order valence-corrected chi connectivity index (χ1v) is 12.5. The molecule has 0 saturated heterocycles. The van der Waals surface area contributed by atoms with Crippen LogP contribution < -0.4 is 4.72 Å². The molecular formula is C28H22FNO5S. The van der Waals surface area contributed by atoms with E-state index in [0.717, 1.165) is 41.0 Å². The molecule has 0 aliphatic carbocycles. The van der Waals surface area contributed by atoms with Crippen LogP contribution in [-0.2, 0) is 16.4 Å². The van der Waals surface area contributed by atoms with E-state index in [1.54, 1.807) is 0 Å². The Labute approximate surface area is 208 Å². The van der Waals surface area contributed by atoms with E-state index in [-0.39, 0.29) is 33.9 Å². The zero-order chi connectivity index (χ0) is 25.7. The number of carboxylic acid groups (broad SMARTS) is 1. The monoisotopic (exact) mass is 503 g/mol. The molecule has 0 radical (unpaired) electrons. The van der Waals surface area contributed by atoms with E-state index in [2.05, 4.69) is 4.72 Å². The van der Waals surface area contributed by atoms with E-state index in [0.29, 0.717) is 6.42 Å². The van der Waals surface area contributed by atoms with Crippen molar-refractivity contribution in [3.05, 3.63) is 120 Å². The van der Waals surface area contributed by atoms with Crippen LogP contribution in [0.15, 0.2) is 102 Å². The molecule has 0 fully saturated rings. The minimum absolute atomic E-state index is 0.154. The van der Waals surface area contributed by atoms with Gasteiger partial charge in [-0.3, -0.25) is 9.52 Å². The molecule has 4 aromatic rings. The number of hydrogen-bond acceptors (Lipinski definition) is 4. The number of Topliss-reactive ketones (excluding diaryl/α,β-unsaturated/α-hetero) is 1. The van der Waals surface area contributed by atoms with Crippen molar-refractivity contribution in [3.8, 4) is 11.1 Å². The molecule has 4 rings (SSSR count). The highest BCUT2D eigenvalue weighted by atomic mass is 32.2. The van der Waals surface area contributed by atoms with Crippen LogP contribution in [0.2, 0.25) is 0 Å². The van der Waals surface area contributed by atoms with Crippen molar-refractivity contribution in [2.75, 3.05) is 4.72 Å². The van der Waals surface area contributed by atoms with Crippen molar-refractivity contribution in [2.24, 2.45) is 0 Å². The number of carbonyl (C=O) groups is 2. The van der Waals surface area contributed by atoms with Gasteiger partial charge in [0.1, 0.15) is 5.82 Å². The Bertz CT molecular complexity index is 1500. The van der Waals surface area contributed by atoms with Gasteiger partial charge in [0.2, 0.25) is 0 Å². The Hall–Kier alpha value is -4.30. The third-order valence-electron chi connectivity index (χ3n) is 5.64. The van der Waals surface area contributed by atoms with Gasteiger partial charge >= 0.3 is 5.97 Å². The van der Waals surface area contributed by atoms with Crippen LogP contribution in [0.1, 0.15) is 32.7 Å². The fraction of sp³-hybridized carbons (Fsp3) is 0.0714. The van der Waals surface area contributed by atoms with Gasteiger partial charge < -0.3 is 5.11 Å². The summed E-state index contributed by atoms with van der Waals surface area (Å²) in [6, 6.07) is 25.6. The van der Waals surface area contributed by atoms with Crippen molar-refractivity contribution < 1.29 is 27.5 Å². The Morgan fingerprint density at radius 1 is 0.806 bits per heavy atom. The molecule has 0 unspecified atom stereocenters. The lowest BCUT2D eigenvalue weighted by molar-refractivity contribution is 0.0697. The summed E-state index contributed by atoms with van der Waals surface area (Å²) in [5, 5.41) is 9.49. The second-order valence-electron chi connectivity index (χ2n) is 8.11. The van der Waals surface area contributed by atoms with E-state index in [9.17, 15) is 27.5 Å². The zero-order valence-electron chi connectivity index (χ0n) is 19.0. The molecular weight excluding hydrogens is 481 g/mol. The third kappa shape index (κ3) is 5.84. The lowest BCUT2D eigenvalue weighted by Gasteiger charge is -2.12. The molecule has 0 aliphatic heterocycles. The third-order valence-corrected chi connectivity index (χ3v) is 7.02. The summed E-state index contributed by atoms with van der Waals surface area (Å²) in [7, 11) is -4.20. The molecule has 0 aliphatic rings. The van der Waals surface area contributed by atoms with Gasteiger partial charge in [-0.05, 0) is 59.5 Å². The molecule has 0 bridgehead atoms. The van der Waals surface area contributed by atoms with Crippen LogP contribution in [0.4, 0.5) is 10.1 Å². The summed E-state index contributed by atoms with van der Waals surface area (Å²) >= 11 is 0. The predicted molar refractivity (Wildman–Crippen MR) is 135 cm³/mol. The molecule has 0 amide bonds.